The molecule has 0 aromatic heterocycles. The molecule has 0 saturated heterocycles. The fourth-order valence-corrected chi connectivity index (χ4v) is 3.03. The van der Waals surface area contributed by atoms with Gasteiger partial charge in [0.25, 0.3) is 5.91 Å². The van der Waals surface area contributed by atoms with Gasteiger partial charge in [-0.25, -0.2) is 0 Å². The molecule has 0 radical (unpaired) electrons. The third kappa shape index (κ3) is 6.09. The third-order valence-corrected chi connectivity index (χ3v) is 4.82. The summed E-state index contributed by atoms with van der Waals surface area (Å²) in [7, 11) is 4.04. The topological polar surface area (TPSA) is 65.9 Å². The smallest absolute Gasteiger partial charge is 0.282 e. The highest BCUT2D eigenvalue weighted by Crippen LogP contribution is 2.14. The second-order valence-electron chi connectivity index (χ2n) is 7.22. The van der Waals surface area contributed by atoms with Crippen molar-refractivity contribution in [1.82, 2.24) is 0 Å². The van der Waals surface area contributed by atoms with Crippen molar-refractivity contribution < 1.29 is 14.5 Å². The van der Waals surface area contributed by atoms with Crippen LogP contribution in [0.2, 0.25) is 0 Å². The van der Waals surface area contributed by atoms with E-state index in [4.69, 9.17) is 0 Å². The molecular weight excluding hydrogens is 352 g/mol. The van der Waals surface area contributed by atoms with E-state index >= 15 is 0 Å². The van der Waals surface area contributed by atoms with Crippen molar-refractivity contribution in [2.75, 3.05) is 36.2 Å². The van der Waals surface area contributed by atoms with E-state index in [0.29, 0.717) is 5.69 Å². The van der Waals surface area contributed by atoms with E-state index in [0.717, 1.165) is 24.5 Å². The van der Waals surface area contributed by atoms with E-state index in [2.05, 4.69) is 46.7 Å². The molecule has 0 spiro atoms. The van der Waals surface area contributed by atoms with Gasteiger partial charge in [0, 0.05) is 43.6 Å². The maximum Gasteiger partial charge on any atom is 0.282 e. The number of quaternary nitrogens is 1. The average Bonchev–Trinajstić information content (AvgIpc) is 2.67. The summed E-state index contributed by atoms with van der Waals surface area (Å²) in [4.78, 5) is 27.1. The van der Waals surface area contributed by atoms with Gasteiger partial charge in [-0.05, 0) is 50.2 Å². The Morgan fingerprint density at radius 1 is 0.964 bits per heavy atom. The first-order valence-electron chi connectivity index (χ1n) is 9.59. The zero-order chi connectivity index (χ0) is 20.7. The Hall–Kier alpha value is -2.86. The Balaban J connectivity index is 1.98. The van der Waals surface area contributed by atoms with Crippen molar-refractivity contribution in [3.05, 3.63) is 54.1 Å². The highest BCUT2D eigenvalue weighted by Gasteiger charge is 2.24. The molecule has 0 heterocycles. The highest BCUT2D eigenvalue weighted by atomic mass is 16.2. The fourth-order valence-electron chi connectivity index (χ4n) is 3.03. The number of carbonyl (C=O) groups excluding carboxylic acids is 2. The summed E-state index contributed by atoms with van der Waals surface area (Å²) < 4.78 is 0. The largest absolute Gasteiger partial charge is 0.378 e. The Bertz CT molecular complexity index is 785. The number of amides is 2. The Morgan fingerprint density at radius 3 is 1.96 bits per heavy atom. The summed E-state index contributed by atoms with van der Waals surface area (Å²) in [6.07, 6.45) is 0. The second kappa shape index (κ2) is 9.90. The molecule has 2 rings (SSSR count). The highest BCUT2D eigenvalue weighted by molar-refractivity contribution is 5.94. The molecule has 0 bridgehead atoms. The molecule has 2 aromatic carbocycles. The molecule has 0 saturated carbocycles. The predicted octanol–water partition coefficient (Wildman–Crippen LogP) is 2.14. The second-order valence-corrected chi connectivity index (χ2v) is 7.22. The first kappa shape index (κ1) is 21.4. The van der Waals surface area contributed by atoms with Gasteiger partial charge in [0.05, 0.1) is 6.54 Å². The van der Waals surface area contributed by atoms with Crippen molar-refractivity contribution in [1.29, 1.82) is 0 Å². The van der Waals surface area contributed by atoms with Gasteiger partial charge in [-0.3, -0.25) is 9.59 Å². The van der Waals surface area contributed by atoms with Gasteiger partial charge in [-0.15, -0.1) is 0 Å². The van der Waals surface area contributed by atoms with Gasteiger partial charge >= 0.3 is 0 Å². The van der Waals surface area contributed by atoms with Crippen molar-refractivity contribution in [3.8, 4) is 0 Å². The van der Waals surface area contributed by atoms with Gasteiger partial charge in [0.15, 0.2) is 6.04 Å². The lowest BCUT2D eigenvalue weighted by atomic mass is 10.1. The molecule has 6 heteroatoms. The van der Waals surface area contributed by atoms with Crippen LogP contribution in [0.5, 0.6) is 0 Å². The molecule has 0 aliphatic carbocycles. The lowest BCUT2D eigenvalue weighted by molar-refractivity contribution is -0.925. The van der Waals surface area contributed by atoms with Crippen molar-refractivity contribution >= 4 is 28.9 Å². The van der Waals surface area contributed by atoms with Crippen LogP contribution in [-0.2, 0) is 16.1 Å². The van der Waals surface area contributed by atoms with Crippen LogP contribution in [0.15, 0.2) is 48.5 Å². The predicted molar refractivity (Wildman–Crippen MR) is 115 cm³/mol. The quantitative estimate of drug-likeness (QED) is 0.654. The van der Waals surface area contributed by atoms with E-state index in [1.807, 2.05) is 21.0 Å². The Morgan fingerprint density at radius 2 is 1.50 bits per heavy atom. The summed E-state index contributed by atoms with van der Waals surface area (Å²) in [6, 6.07) is 15.4. The van der Waals surface area contributed by atoms with Gasteiger partial charge in [-0.2, -0.15) is 0 Å². The van der Waals surface area contributed by atoms with E-state index in [1.54, 1.807) is 24.3 Å². The van der Waals surface area contributed by atoms with Crippen LogP contribution in [0.1, 0.15) is 26.3 Å². The summed E-state index contributed by atoms with van der Waals surface area (Å²) in [6.45, 7) is 7.16. The SMILES string of the molecule is CC[NH+](Cc1ccc(N(C)C)cc1)[C@@H](C)C(=O)Nc1ccc(NC(C)=O)cc1. The standard InChI is InChI=1S/C22H30N4O2/c1-6-26(15-18-7-13-21(14-8-18)25(4)5)16(2)22(28)24-20-11-9-19(10-12-20)23-17(3)27/h7-14,16H,6,15H2,1-5H3,(H,23,27)(H,24,28)/p+1/t16-/m0/s1. The van der Waals surface area contributed by atoms with Crippen LogP contribution in [0.25, 0.3) is 0 Å². The number of nitrogens with one attached hydrogen (secondary N) is 3. The van der Waals surface area contributed by atoms with Gasteiger partial charge in [0.2, 0.25) is 5.91 Å². The Kier molecular flexibility index (Phi) is 7.58. The van der Waals surface area contributed by atoms with Crippen LogP contribution in [0.4, 0.5) is 17.1 Å². The minimum atomic E-state index is -0.187. The lowest BCUT2D eigenvalue weighted by Crippen LogP contribution is -3.15. The normalized spacial score (nSPS) is 12.8. The van der Waals surface area contributed by atoms with Crippen LogP contribution < -0.4 is 20.4 Å². The maximum atomic E-state index is 12.7. The van der Waals surface area contributed by atoms with Gasteiger partial charge in [-0.1, -0.05) is 12.1 Å². The lowest BCUT2D eigenvalue weighted by Gasteiger charge is -2.24. The third-order valence-electron chi connectivity index (χ3n) is 4.82. The van der Waals surface area contributed by atoms with Gasteiger partial charge in [0.1, 0.15) is 6.54 Å². The molecule has 2 atom stereocenters. The minimum Gasteiger partial charge on any atom is -0.378 e. The molecule has 2 aromatic rings. The fraction of sp³-hybridized carbons (Fsp3) is 0.364. The molecule has 150 valence electrons. The maximum absolute atomic E-state index is 12.7. The zero-order valence-electron chi connectivity index (χ0n) is 17.4. The number of likely N-dealkylation sites (N-methyl/N-ethyl adjacent to an activating group) is 1. The minimum absolute atomic E-state index is 0.0194. The van der Waals surface area contributed by atoms with Crippen molar-refractivity contribution in [3.63, 3.8) is 0 Å². The molecule has 1 unspecified atom stereocenters. The molecule has 28 heavy (non-hydrogen) atoms. The molecule has 6 nitrogen and oxygen atoms in total. The first-order valence-corrected chi connectivity index (χ1v) is 9.59. The molecule has 0 fully saturated rings. The number of benzene rings is 2. The number of nitrogens with zero attached hydrogens (tertiary/aromatic N) is 1. The Labute approximate surface area is 167 Å². The van der Waals surface area contributed by atoms with Crippen LogP contribution >= 0.6 is 0 Å². The summed E-state index contributed by atoms with van der Waals surface area (Å²) in [5.41, 5.74) is 3.80. The monoisotopic (exact) mass is 383 g/mol. The zero-order valence-corrected chi connectivity index (χ0v) is 17.4. The van der Waals surface area contributed by atoms with Crippen LogP contribution in [-0.4, -0.2) is 38.5 Å². The van der Waals surface area contributed by atoms with E-state index in [-0.39, 0.29) is 17.9 Å². The molecule has 3 N–H and O–H groups in total. The van der Waals surface area contributed by atoms with E-state index < -0.39 is 0 Å². The first-order chi connectivity index (χ1) is 13.3. The number of carbonyl (C=O) groups is 2. The van der Waals surface area contributed by atoms with Crippen LogP contribution in [0, 0.1) is 0 Å². The van der Waals surface area contributed by atoms with E-state index in [1.165, 1.54) is 17.4 Å². The molecule has 2 amide bonds. The van der Waals surface area contributed by atoms with Crippen LogP contribution in [0.3, 0.4) is 0 Å². The molecule has 0 aliphatic rings. The molecule has 0 aliphatic heterocycles. The van der Waals surface area contributed by atoms with Crippen molar-refractivity contribution in [2.24, 2.45) is 0 Å². The van der Waals surface area contributed by atoms with Gasteiger partial charge < -0.3 is 20.4 Å². The molecular formula is C22H31N4O2+. The number of hydrogen-bond acceptors (Lipinski definition) is 3. The number of anilines is 3. The average molecular weight is 384 g/mol. The number of hydrogen-bond donors (Lipinski definition) is 3. The number of rotatable bonds is 8. The summed E-state index contributed by atoms with van der Waals surface area (Å²) in [5.74, 6) is -0.139. The summed E-state index contributed by atoms with van der Waals surface area (Å²) >= 11 is 0. The van der Waals surface area contributed by atoms with E-state index in [9.17, 15) is 9.59 Å². The summed E-state index contributed by atoms with van der Waals surface area (Å²) in [5, 5.41) is 5.68. The van der Waals surface area contributed by atoms with Crippen molar-refractivity contribution in [2.45, 2.75) is 33.4 Å².